The van der Waals surface area contributed by atoms with Gasteiger partial charge in [-0.2, -0.15) is 0 Å². The first-order valence-corrected chi connectivity index (χ1v) is 7.39. The smallest absolute Gasteiger partial charge is 0.346 e. The van der Waals surface area contributed by atoms with Crippen molar-refractivity contribution in [1.82, 2.24) is 5.32 Å². The van der Waals surface area contributed by atoms with Crippen LogP contribution in [0.15, 0.2) is 12.1 Å². The minimum Gasteiger partial charge on any atom is -0.486 e. The van der Waals surface area contributed by atoms with Gasteiger partial charge < -0.3 is 19.5 Å². The molecule has 1 N–H and O–H groups in total. The van der Waals surface area contributed by atoms with Crippen molar-refractivity contribution in [3.05, 3.63) is 27.8 Å². The minimum atomic E-state index is -1.09. The summed E-state index contributed by atoms with van der Waals surface area (Å²) >= 11 is 0. The van der Waals surface area contributed by atoms with E-state index in [0.29, 0.717) is 0 Å². The fourth-order valence-electron chi connectivity index (χ4n) is 2.07. The van der Waals surface area contributed by atoms with E-state index < -0.39 is 28.6 Å². The Morgan fingerprint density at radius 1 is 1.21 bits per heavy atom. The predicted octanol–water partition coefficient (Wildman–Crippen LogP) is 1.44. The van der Waals surface area contributed by atoms with Crippen molar-refractivity contribution in [1.29, 1.82) is 0 Å². The molecule has 1 aromatic carbocycles. The Morgan fingerprint density at radius 3 is 2.33 bits per heavy atom. The molecule has 0 aromatic heterocycles. The first kappa shape index (κ1) is 17.5. The number of carbonyl (C=O) groups is 2. The van der Waals surface area contributed by atoms with Crippen LogP contribution in [-0.2, 0) is 9.53 Å². The molecule has 9 nitrogen and oxygen atoms in total. The van der Waals surface area contributed by atoms with Crippen molar-refractivity contribution >= 4 is 17.6 Å². The number of ether oxygens (including phenoxy) is 3. The van der Waals surface area contributed by atoms with Gasteiger partial charge in [-0.25, -0.2) is 4.79 Å². The van der Waals surface area contributed by atoms with Gasteiger partial charge in [0.2, 0.25) is 0 Å². The SMILES string of the molecule is CC(C)NC(=O)[C@H](C)OC(=O)c1cc2c(cc1[N+](=O)[O-])OCCO2. The minimum absolute atomic E-state index is 0.123. The Morgan fingerprint density at radius 2 is 1.79 bits per heavy atom. The fraction of sp³-hybridized carbons (Fsp3) is 0.467. The Balaban J connectivity index is 2.24. The lowest BCUT2D eigenvalue weighted by atomic mass is 10.1. The molecule has 1 amide bonds. The van der Waals surface area contributed by atoms with Gasteiger partial charge in [0.15, 0.2) is 17.6 Å². The normalized spacial score (nSPS) is 14.0. The van der Waals surface area contributed by atoms with Crippen LogP contribution in [0.25, 0.3) is 0 Å². The van der Waals surface area contributed by atoms with Gasteiger partial charge in [-0.05, 0) is 20.8 Å². The maximum atomic E-state index is 12.3. The molecular formula is C15H18N2O7. The third-order valence-corrected chi connectivity index (χ3v) is 3.16. The van der Waals surface area contributed by atoms with E-state index in [4.69, 9.17) is 14.2 Å². The number of nitrogens with zero attached hydrogens (tertiary/aromatic N) is 1. The van der Waals surface area contributed by atoms with Crippen LogP contribution in [0, 0.1) is 10.1 Å². The quantitative estimate of drug-likeness (QED) is 0.490. The lowest BCUT2D eigenvalue weighted by Crippen LogP contribution is -2.39. The van der Waals surface area contributed by atoms with Gasteiger partial charge in [-0.3, -0.25) is 14.9 Å². The monoisotopic (exact) mass is 338 g/mol. The molecule has 1 aliphatic heterocycles. The summed E-state index contributed by atoms with van der Waals surface area (Å²) in [5.41, 5.74) is -0.769. The van der Waals surface area contributed by atoms with Gasteiger partial charge in [-0.15, -0.1) is 0 Å². The summed E-state index contributed by atoms with van der Waals surface area (Å²) in [5.74, 6) is -1.06. The van der Waals surface area contributed by atoms with E-state index in [-0.39, 0.29) is 36.3 Å². The first-order chi connectivity index (χ1) is 11.3. The summed E-state index contributed by atoms with van der Waals surface area (Å²) in [4.78, 5) is 34.5. The molecular weight excluding hydrogens is 320 g/mol. The van der Waals surface area contributed by atoms with E-state index in [1.54, 1.807) is 13.8 Å². The van der Waals surface area contributed by atoms with Crippen LogP contribution in [0.2, 0.25) is 0 Å². The van der Waals surface area contributed by atoms with E-state index in [0.717, 1.165) is 6.07 Å². The van der Waals surface area contributed by atoms with Crippen LogP contribution in [0.4, 0.5) is 5.69 Å². The highest BCUT2D eigenvalue weighted by molar-refractivity contribution is 5.96. The Hall–Kier alpha value is -2.84. The van der Waals surface area contributed by atoms with Crippen LogP contribution >= 0.6 is 0 Å². The topological polar surface area (TPSA) is 117 Å². The van der Waals surface area contributed by atoms with Crippen molar-refractivity contribution in [2.24, 2.45) is 0 Å². The first-order valence-electron chi connectivity index (χ1n) is 7.39. The molecule has 0 aliphatic carbocycles. The van der Waals surface area contributed by atoms with E-state index >= 15 is 0 Å². The Labute approximate surface area is 138 Å². The molecule has 2 rings (SSSR count). The number of fused-ring (bicyclic) bond motifs is 1. The summed E-state index contributed by atoms with van der Waals surface area (Å²) in [5, 5.41) is 13.8. The number of nitrogens with one attached hydrogen (secondary N) is 1. The molecule has 130 valence electrons. The second-order valence-corrected chi connectivity index (χ2v) is 5.48. The van der Waals surface area contributed by atoms with Gasteiger partial charge in [0.05, 0.1) is 11.0 Å². The summed E-state index contributed by atoms with van der Waals surface area (Å²) < 4.78 is 15.6. The molecule has 0 fully saturated rings. The fourth-order valence-corrected chi connectivity index (χ4v) is 2.07. The highest BCUT2D eigenvalue weighted by Gasteiger charge is 2.29. The van der Waals surface area contributed by atoms with E-state index in [1.165, 1.54) is 13.0 Å². The van der Waals surface area contributed by atoms with E-state index in [1.807, 2.05) is 0 Å². The van der Waals surface area contributed by atoms with Crippen molar-refractivity contribution in [2.45, 2.75) is 32.9 Å². The summed E-state index contributed by atoms with van der Waals surface area (Å²) in [6.45, 7) is 5.45. The second-order valence-electron chi connectivity index (χ2n) is 5.48. The third-order valence-electron chi connectivity index (χ3n) is 3.16. The number of hydrogen-bond acceptors (Lipinski definition) is 7. The van der Waals surface area contributed by atoms with Gasteiger partial charge in [0, 0.05) is 12.1 Å². The molecule has 9 heteroatoms. The highest BCUT2D eigenvalue weighted by atomic mass is 16.6. The lowest BCUT2D eigenvalue weighted by molar-refractivity contribution is -0.385. The van der Waals surface area contributed by atoms with Gasteiger partial charge in [0.1, 0.15) is 18.8 Å². The lowest BCUT2D eigenvalue weighted by Gasteiger charge is -2.19. The zero-order chi connectivity index (χ0) is 17.9. The summed E-state index contributed by atoms with van der Waals surface area (Å²) in [6, 6.07) is 2.19. The number of carbonyl (C=O) groups excluding carboxylic acids is 2. The number of hydrogen-bond donors (Lipinski definition) is 1. The number of rotatable bonds is 5. The molecule has 0 spiro atoms. The summed E-state index contributed by atoms with van der Waals surface area (Å²) in [6.07, 6.45) is -1.09. The van der Waals surface area contributed by atoms with Crippen LogP contribution in [0.5, 0.6) is 11.5 Å². The van der Waals surface area contributed by atoms with E-state index in [9.17, 15) is 19.7 Å². The molecule has 0 unspecified atom stereocenters. The number of esters is 1. The predicted molar refractivity (Wildman–Crippen MR) is 82.2 cm³/mol. The van der Waals surface area contributed by atoms with Crippen LogP contribution in [-0.4, -0.2) is 42.2 Å². The number of nitro groups is 1. The maximum Gasteiger partial charge on any atom is 0.346 e. The Bertz CT molecular complexity index is 672. The van der Waals surface area contributed by atoms with Gasteiger partial charge >= 0.3 is 5.97 Å². The molecule has 0 radical (unpaired) electrons. The van der Waals surface area contributed by atoms with Gasteiger partial charge in [0.25, 0.3) is 11.6 Å². The average Bonchev–Trinajstić information content (AvgIpc) is 2.52. The van der Waals surface area contributed by atoms with Gasteiger partial charge in [-0.1, -0.05) is 0 Å². The van der Waals surface area contributed by atoms with Crippen molar-refractivity contribution < 1.29 is 28.7 Å². The van der Waals surface area contributed by atoms with E-state index in [2.05, 4.69) is 5.32 Å². The average molecular weight is 338 g/mol. The van der Waals surface area contributed by atoms with Crippen molar-refractivity contribution in [3.63, 3.8) is 0 Å². The standard InChI is InChI=1S/C15H18N2O7/c1-8(2)16-14(18)9(3)24-15(19)10-6-12-13(23-5-4-22-12)7-11(10)17(20)21/h6-9H,4-5H2,1-3H3,(H,16,18)/t9-/m0/s1. The molecule has 0 saturated heterocycles. The van der Waals surface area contributed by atoms with Crippen LogP contribution in [0.3, 0.4) is 0 Å². The molecule has 1 aromatic rings. The molecule has 1 atom stereocenters. The number of nitro benzene ring substituents is 1. The Kier molecular flexibility index (Phi) is 5.22. The third kappa shape index (κ3) is 3.92. The number of benzene rings is 1. The second kappa shape index (κ2) is 7.16. The summed E-state index contributed by atoms with van der Waals surface area (Å²) in [7, 11) is 0. The molecule has 0 saturated carbocycles. The highest BCUT2D eigenvalue weighted by Crippen LogP contribution is 2.36. The molecule has 24 heavy (non-hydrogen) atoms. The van der Waals surface area contributed by atoms with Crippen molar-refractivity contribution in [3.8, 4) is 11.5 Å². The largest absolute Gasteiger partial charge is 0.486 e. The van der Waals surface area contributed by atoms with Crippen molar-refractivity contribution in [2.75, 3.05) is 13.2 Å². The van der Waals surface area contributed by atoms with Crippen LogP contribution in [0.1, 0.15) is 31.1 Å². The van der Waals surface area contributed by atoms with Crippen LogP contribution < -0.4 is 14.8 Å². The maximum absolute atomic E-state index is 12.3. The molecule has 1 heterocycles. The zero-order valence-electron chi connectivity index (χ0n) is 13.5. The molecule has 0 bridgehead atoms. The zero-order valence-corrected chi connectivity index (χ0v) is 13.5. The molecule has 1 aliphatic rings. The number of amides is 1.